The number of benzene rings is 2. The van der Waals surface area contributed by atoms with Crippen LogP contribution in [0.5, 0.6) is 0 Å². The molecule has 0 saturated carbocycles. The average molecular weight is 369 g/mol. The van der Waals surface area contributed by atoms with Crippen molar-refractivity contribution in [1.82, 2.24) is 4.98 Å². The number of aliphatic imine (C=N–C) groups is 2. The second-order valence-corrected chi connectivity index (χ2v) is 6.73. The van der Waals surface area contributed by atoms with E-state index in [4.69, 9.17) is 9.47 Å². The van der Waals surface area contributed by atoms with Gasteiger partial charge in [0.05, 0.1) is 13.1 Å². The quantitative estimate of drug-likeness (QED) is 0.695. The molecule has 0 spiro atoms. The highest BCUT2D eigenvalue weighted by Crippen LogP contribution is 2.26. The van der Waals surface area contributed by atoms with E-state index in [1.165, 1.54) is 0 Å². The molecule has 5 rings (SSSR count). The number of pyridine rings is 1. The predicted octanol–water partition coefficient (Wildman–Crippen LogP) is 4.12. The standard InChI is InChI=1S/C23H19N3O2/c1-3-8-16(9-4-1)20-14-24-22(27-20)18-12-7-13-19(26-18)23-25-15-21(28-23)17-10-5-2-6-11-17/h1-13,20-21H,14-15H2. The van der Waals surface area contributed by atoms with E-state index in [0.717, 1.165) is 11.1 Å². The summed E-state index contributed by atoms with van der Waals surface area (Å²) >= 11 is 0. The van der Waals surface area contributed by atoms with Gasteiger partial charge in [0.1, 0.15) is 23.6 Å². The van der Waals surface area contributed by atoms with Crippen LogP contribution in [0.1, 0.15) is 34.7 Å². The van der Waals surface area contributed by atoms with Gasteiger partial charge in [-0.2, -0.15) is 0 Å². The molecule has 3 heterocycles. The van der Waals surface area contributed by atoms with Crippen LogP contribution in [0.4, 0.5) is 0 Å². The first-order valence-electron chi connectivity index (χ1n) is 9.37. The summed E-state index contributed by atoms with van der Waals surface area (Å²) in [5.41, 5.74) is 3.63. The average Bonchev–Trinajstić information content (AvgIpc) is 3.46. The first-order chi connectivity index (χ1) is 13.9. The van der Waals surface area contributed by atoms with Crippen LogP contribution in [-0.4, -0.2) is 29.9 Å². The Morgan fingerprint density at radius 1 is 0.571 bits per heavy atom. The van der Waals surface area contributed by atoms with Crippen molar-refractivity contribution in [3.63, 3.8) is 0 Å². The van der Waals surface area contributed by atoms with E-state index in [9.17, 15) is 0 Å². The summed E-state index contributed by atoms with van der Waals surface area (Å²) < 4.78 is 12.1. The molecule has 0 saturated heterocycles. The summed E-state index contributed by atoms with van der Waals surface area (Å²) in [6.07, 6.45) is -0.131. The van der Waals surface area contributed by atoms with Crippen LogP contribution in [0, 0.1) is 0 Å². The first-order valence-corrected chi connectivity index (χ1v) is 9.37. The Morgan fingerprint density at radius 2 is 1.04 bits per heavy atom. The van der Waals surface area contributed by atoms with Crippen molar-refractivity contribution in [2.75, 3.05) is 13.1 Å². The fourth-order valence-electron chi connectivity index (χ4n) is 3.39. The predicted molar refractivity (Wildman–Crippen MR) is 108 cm³/mol. The molecular formula is C23H19N3O2. The Balaban J connectivity index is 1.31. The van der Waals surface area contributed by atoms with E-state index in [1.54, 1.807) is 0 Å². The van der Waals surface area contributed by atoms with E-state index in [0.29, 0.717) is 36.3 Å². The molecule has 2 atom stereocenters. The van der Waals surface area contributed by atoms with Crippen LogP contribution in [0.15, 0.2) is 88.8 Å². The molecule has 1 aromatic heterocycles. The molecule has 0 radical (unpaired) electrons. The number of hydrogen-bond donors (Lipinski definition) is 0. The lowest BCUT2D eigenvalue weighted by Gasteiger charge is -2.12. The Labute approximate surface area is 163 Å². The third kappa shape index (κ3) is 3.27. The highest BCUT2D eigenvalue weighted by molar-refractivity contribution is 5.97. The maximum atomic E-state index is 6.05. The largest absolute Gasteiger partial charge is 0.466 e. The van der Waals surface area contributed by atoms with Gasteiger partial charge in [-0.05, 0) is 23.3 Å². The maximum absolute atomic E-state index is 6.05. The highest BCUT2D eigenvalue weighted by atomic mass is 16.5. The van der Waals surface area contributed by atoms with Gasteiger partial charge in [-0.25, -0.2) is 15.0 Å². The number of nitrogens with zero attached hydrogens (tertiary/aromatic N) is 3. The number of hydrogen-bond acceptors (Lipinski definition) is 5. The fourth-order valence-corrected chi connectivity index (χ4v) is 3.39. The second-order valence-electron chi connectivity index (χ2n) is 6.73. The highest BCUT2D eigenvalue weighted by Gasteiger charge is 2.26. The van der Waals surface area contributed by atoms with Gasteiger partial charge < -0.3 is 9.47 Å². The lowest BCUT2D eigenvalue weighted by Crippen LogP contribution is -2.12. The van der Waals surface area contributed by atoms with Gasteiger partial charge in [0.15, 0.2) is 0 Å². The van der Waals surface area contributed by atoms with E-state index in [1.807, 2.05) is 54.6 Å². The molecule has 0 fully saturated rings. The molecule has 2 aliphatic heterocycles. The fraction of sp³-hybridized carbons (Fsp3) is 0.174. The van der Waals surface area contributed by atoms with Crippen molar-refractivity contribution in [1.29, 1.82) is 0 Å². The molecule has 0 N–H and O–H groups in total. The van der Waals surface area contributed by atoms with E-state index in [-0.39, 0.29) is 12.2 Å². The Kier molecular flexibility index (Phi) is 4.33. The topological polar surface area (TPSA) is 56.1 Å². The van der Waals surface area contributed by atoms with Crippen LogP contribution >= 0.6 is 0 Å². The normalized spacial score (nSPS) is 20.9. The van der Waals surface area contributed by atoms with Crippen LogP contribution in [0.2, 0.25) is 0 Å². The summed E-state index contributed by atoms with van der Waals surface area (Å²) in [4.78, 5) is 13.8. The van der Waals surface area contributed by atoms with Crippen molar-refractivity contribution in [3.05, 3.63) is 101 Å². The van der Waals surface area contributed by atoms with Gasteiger partial charge in [-0.15, -0.1) is 0 Å². The van der Waals surface area contributed by atoms with Crippen LogP contribution in [0.25, 0.3) is 0 Å². The lowest BCUT2D eigenvalue weighted by molar-refractivity contribution is 0.228. The molecule has 138 valence electrons. The third-order valence-electron chi connectivity index (χ3n) is 4.84. The minimum Gasteiger partial charge on any atom is -0.466 e. The van der Waals surface area contributed by atoms with E-state index < -0.39 is 0 Å². The van der Waals surface area contributed by atoms with Crippen LogP contribution < -0.4 is 0 Å². The number of rotatable bonds is 4. The van der Waals surface area contributed by atoms with E-state index >= 15 is 0 Å². The van der Waals surface area contributed by atoms with Crippen molar-refractivity contribution in [2.24, 2.45) is 9.98 Å². The second kappa shape index (κ2) is 7.27. The van der Waals surface area contributed by atoms with E-state index in [2.05, 4.69) is 39.2 Å². The van der Waals surface area contributed by atoms with Gasteiger partial charge in [0.25, 0.3) is 0 Å². The lowest BCUT2D eigenvalue weighted by atomic mass is 10.1. The zero-order valence-corrected chi connectivity index (χ0v) is 15.2. The van der Waals surface area contributed by atoms with Crippen LogP contribution in [-0.2, 0) is 9.47 Å². The number of ether oxygens (including phenoxy) is 2. The molecule has 2 unspecified atom stereocenters. The third-order valence-corrected chi connectivity index (χ3v) is 4.84. The van der Waals surface area contributed by atoms with Gasteiger partial charge >= 0.3 is 0 Å². The Hall–Kier alpha value is -3.47. The summed E-state index contributed by atoms with van der Waals surface area (Å²) in [6, 6.07) is 26.0. The SMILES string of the molecule is c1ccc(C2CN=C(c3cccc(C4=NCC(c5ccccc5)O4)n3)O2)cc1. The molecule has 5 heteroatoms. The molecule has 28 heavy (non-hydrogen) atoms. The molecule has 5 nitrogen and oxygen atoms in total. The van der Waals surface area contributed by atoms with Gasteiger partial charge in [0, 0.05) is 0 Å². The Bertz CT molecular complexity index is 951. The molecule has 0 amide bonds. The molecule has 3 aromatic rings. The summed E-state index contributed by atoms with van der Waals surface area (Å²) in [7, 11) is 0. The summed E-state index contributed by atoms with van der Waals surface area (Å²) in [5, 5.41) is 0. The van der Waals surface area contributed by atoms with Gasteiger partial charge in [-0.3, -0.25) is 0 Å². The smallest absolute Gasteiger partial charge is 0.236 e. The van der Waals surface area contributed by atoms with Crippen LogP contribution in [0.3, 0.4) is 0 Å². The van der Waals surface area contributed by atoms with Crippen molar-refractivity contribution in [3.8, 4) is 0 Å². The van der Waals surface area contributed by atoms with Crippen molar-refractivity contribution in [2.45, 2.75) is 12.2 Å². The first kappa shape index (κ1) is 16.7. The van der Waals surface area contributed by atoms with Gasteiger partial charge in [-0.1, -0.05) is 66.7 Å². The monoisotopic (exact) mass is 369 g/mol. The van der Waals surface area contributed by atoms with Gasteiger partial charge in [0.2, 0.25) is 11.8 Å². The molecule has 0 aliphatic carbocycles. The Morgan fingerprint density at radius 3 is 1.50 bits per heavy atom. The van der Waals surface area contributed by atoms with Crippen molar-refractivity contribution < 1.29 is 9.47 Å². The molecule has 2 aliphatic rings. The van der Waals surface area contributed by atoms with Crippen molar-refractivity contribution >= 4 is 11.8 Å². The maximum Gasteiger partial charge on any atom is 0.236 e. The zero-order chi connectivity index (χ0) is 18.8. The minimum atomic E-state index is -0.0656. The number of aromatic nitrogens is 1. The summed E-state index contributed by atoms with van der Waals surface area (Å²) in [6.45, 7) is 1.19. The molecule has 2 aromatic carbocycles. The molecular weight excluding hydrogens is 350 g/mol. The zero-order valence-electron chi connectivity index (χ0n) is 15.2. The molecule has 0 bridgehead atoms. The summed E-state index contributed by atoms with van der Waals surface area (Å²) in [5.74, 6) is 1.13. The minimum absolute atomic E-state index is 0.0656.